The zero-order valence-corrected chi connectivity index (χ0v) is 10.5. The molecule has 14 heavy (non-hydrogen) atoms. The Kier molecular flexibility index (Phi) is 2.85. The molecule has 3 heteroatoms. The molecule has 0 spiro atoms. The van der Waals surface area contributed by atoms with Crippen LogP contribution in [0.5, 0.6) is 0 Å². The highest BCUT2D eigenvalue weighted by molar-refractivity contribution is 14.1. The normalized spacial score (nSPS) is 21.6. The number of nitrogens with two attached hydrogens (primary N) is 1. The molecule has 1 aliphatic heterocycles. The highest BCUT2D eigenvalue weighted by Crippen LogP contribution is 2.30. The quantitative estimate of drug-likeness (QED) is 0.638. The van der Waals surface area contributed by atoms with E-state index in [4.69, 9.17) is 5.73 Å². The second-order valence-electron chi connectivity index (χ2n) is 3.89. The molecule has 2 nitrogen and oxygen atoms in total. The zero-order chi connectivity index (χ0) is 10.1. The number of anilines is 2. The van der Waals surface area contributed by atoms with Gasteiger partial charge in [0.1, 0.15) is 0 Å². The third-order valence-corrected chi connectivity index (χ3v) is 3.52. The lowest BCUT2D eigenvalue weighted by molar-refractivity contribution is 0.736. The van der Waals surface area contributed by atoms with Crippen molar-refractivity contribution in [3.63, 3.8) is 0 Å². The van der Waals surface area contributed by atoms with Crippen molar-refractivity contribution < 1.29 is 0 Å². The minimum Gasteiger partial charge on any atom is -0.397 e. The van der Waals surface area contributed by atoms with Crippen molar-refractivity contribution in [3.05, 3.63) is 21.8 Å². The molecule has 0 saturated carbocycles. The van der Waals surface area contributed by atoms with Crippen LogP contribution in [0.4, 0.5) is 11.4 Å². The van der Waals surface area contributed by atoms with Gasteiger partial charge in [0.2, 0.25) is 0 Å². The fraction of sp³-hybridized carbons (Fsp3) is 0.455. The summed E-state index contributed by atoms with van der Waals surface area (Å²) in [5.74, 6) is 0. The van der Waals surface area contributed by atoms with Crippen LogP contribution in [0.15, 0.2) is 18.2 Å². The molecule has 2 N–H and O–H groups in total. The fourth-order valence-corrected chi connectivity index (χ4v) is 2.59. The Balaban J connectivity index is 2.31. The van der Waals surface area contributed by atoms with Crippen molar-refractivity contribution in [1.29, 1.82) is 0 Å². The molecule has 1 saturated heterocycles. The second kappa shape index (κ2) is 3.96. The third-order valence-electron chi connectivity index (χ3n) is 2.85. The van der Waals surface area contributed by atoms with E-state index in [1.165, 1.54) is 22.1 Å². The standard InChI is InChI=1S/C11H15IN2/c1-8-3-2-6-14(8)11-5-4-9(12)7-10(11)13/h4-5,7-8H,2-3,6,13H2,1H3. The fourth-order valence-electron chi connectivity index (χ4n) is 2.08. The van der Waals surface area contributed by atoms with E-state index in [2.05, 4.69) is 46.5 Å². The van der Waals surface area contributed by atoms with Crippen LogP contribution >= 0.6 is 22.6 Å². The summed E-state index contributed by atoms with van der Waals surface area (Å²) in [5, 5.41) is 0. The van der Waals surface area contributed by atoms with Gasteiger partial charge in [-0.3, -0.25) is 0 Å². The predicted octanol–water partition coefficient (Wildman–Crippen LogP) is 2.86. The molecule has 76 valence electrons. The van der Waals surface area contributed by atoms with Gasteiger partial charge in [-0.1, -0.05) is 0 Å². The molecule has 1 aliphatic rings. The number of benzene rings is 1. The van der Waals surface area contributed by atoms with Gasteiger partial charge in [0.05, 0.1) is 11.4 Å². The Hall–Kier alpha value is -0.450. The van der Waals surface area contributed by atoms with Crippen LogP contribution in [0.3, 0.4) is 0 Å². The molecule has 0 amide bonds. The van der Waals surface area contributed by atoms with Gasteiger partial charge < -0.3 is 10.6 Å². The zero-order valence-electron chi connectivity index (χ0n) is 8.33. The Morgan fingerprint density at radius 2 is 2.29 bits per heavy atom. The van der Waals surface area contributed by atoms with Gasteiger partial charge >= 0.3 is 0 Å². The van der Waals surface area contributed by atoms with E-state index in [0.717, 1.165) is 12.2 Å². The average molecular weight is 302 g/mol. The van der Waals surface area contributed by atoms with E-state index in [9.17, 15) is 0 Å². The first-order chi connectivity index (χ1) is 6.68. The van der Waals surface area contributed by atoms with Crippen molar-refractivity contribution in [2.45, 2.75) is 25.8 Å². The van der Waals surface area contributed by atoms with Gasteiger partial charge in [0, 0.05) is 16.2 Å². The van der Waals surface area contributed by atoms with Gasteiger partial charge in [-0.05, 0) is 60.6 Å². The molecule has 0 bridgehead atoms. The average Bonchev–Trinajstić information content (AvgIpc) is 2.52. The Morgan fingerprint density at radius 1 is 1.50 bits per heavy atom. The minimum atomic E-state index is 0.636. The highest BCUT2D eigenvalue weighted by Gasteiger charge is 2.21. The molecule has 1 unspecified atom stereocenters. The van der Waals surface area contributed by atoms with E-state index in [1.807, 2.05) is 6.07 Å². The second-order valence-corrected chi connectivity index (χ2v) is 5.13. The van der Waals surface area contributed by atoms with E-state index < -0.39 is 0 Å². The van der Waals surface area contributed by atoms with Crippen LogP contribution in [0, 0.1) is 3.57 Å². The molecule has 1 heterocycles. The summed E-state index contributed by atoms with van der Waals surface area (Å²) in [4.78, 5) is 2.41. The smallest absolute Gasteiger partial charge is 0.0603 e. The van der Waals surface area contributed by atoms with Crippen LogP contribution < -0.4 is 10.6 Å². The predicted molar refractivity (Wildman–Crippen MR) is 69.6 cm³/mol. The molecule has 1 fully saturated rings. The first kappa shape index (κ1) is 10.1. The van der Waals surface area contributed by atoms with Crippen LogP contribution in [-0.4, -0.2) is 12.6 Å². The third kappa shape index (κ3) is 1.82. The highest BCUT2D eigenvalue weighted by atomic mass is 127. The number of hydrogen-bond acceptors (Lipinski definition) is 2. The number of nitrogen functional groups attached to an aromatic ring is 1. The largest absolute Gasteiger partial charge is 0.397 e. The maximum atomic E-state index is 6.02. The Labute approximate surface area is 98.6 Å². The number of nitrogens with zero attached hydrogens (tertiary/aromatic N) is 1. The Bertz CT molecular complexity index is 338. The molecule has 1 aromatic carbocycles. The molecule has 1 atom stereocenters. The summed E-state index contributed by atoms with van der Waals surface area (Å²) in [6.07, 6.45) is 2.57. The maximum Gasteiger partial charge on any atom is 0.0603 e. The van der Waals surface area contributed by atoms with Crippen molar-refractivity contribution in [3.8, 4) is 0 Å². The van der Waals surface area contributed by atoms with Crippen LogP contribution in [-0.2, 0) is 0 Å². The lowest BCUT2D eigenvalue weighted by Gasteiger charge is -2.25. The molecule has 0 radical (unpaired) electrons. The monoisotopic (exact) mass is 302 g/mol. The van der Waals surface area contributed by atoms with Gasteiger partial charge in [-0.15, -0.1) is 0 Å². The van der Waals surface area contributed by atoms with Crippen LogP contribution in [0.1, 0.15) is 19.8 Å². The van der Waals surface area contributed by atoms with Crippen LogP contribution in [0.2, 0.25) is 0 Å². The first-order valence-electron chi connectivity index (χ1n) is 5.00. The van der Waals surface area contributed by atoms with Gasteiger partial charge in [0.25, 0.3) is 0 Å². The number of hydrogen-bond donors (Lipinski definition) is 1. The van der Waals surface area contributed by atoms with Gasteiger partial charge in [-0.2, -0.15) is 0 Å². The van der Waals surface area contributed by atoms with E-state index >= 15 is 0 Å². The molecule has 1 aromatic rings. The number of halogens is 1. The van der Waals surface area contributed by atoms with E-state index in [0.29, 0.717) is 6.04 Å². The van der Waals surface area contributed by atoms with Crippen molar-refractivity contribution >= 4 is 34.0 Å². The summed E-state index contributed by atoms with van der Waals surface area (Å²) < 4.78 is 1.20. The first-order valence-corrected chi connectivity index (χ1v) is 6.08. The maximum absolute atomic E-state index is 6.02. The summed E-state index contributed by atoms with van der Waals surface area (Å²) in [6, 6.07) is 6.94. The summed E-state index contributed by atoms with van der Waals surface area (Å²) >= 11 is 2.29. The molecule has 0 aliphatic carbocycles. The SMILES string of the molecule is CC1CCCN1c1ccc(I)cc1N. The topological polar surface area (TPSA) is 29.3 Å². The lowest BCUT2D eigenvalue weighted by atomic mass is 10.2. The summed E-state index contributed by atoms with van der Waals surface area (Å²) in [7, 11) is 0. The minimum absolute atomic E-state index is 0.636. The molecule has 2 rings (SSSR count). The Morgan fingerprint density at radius 3 is 2.86 bits per heavy atom. The molecule has 0 aromatic heterocycles. The molecular formula is C11H15IN2. The number of rotatable bonds is 1. The summed E-state index contributed by atoms with van der Waals surface area (Å²) in [6.45, 7) is 3.41. The molecular weight excluding hydrogens is 287 g/mol. The van der Waals surface area contributed by atoms with Crippen LogP contribution in [0.25, 0.3) is 0 Å². The van der Waals surface area contributed by atoms with Crippen molar-refractivity contribution in [1.82, 2.24) is 0 Å². The van der Waals surface area contributed by atoms with E-state index in [-0.39, 0.29) is 0 Å². The van der Waals surface area contributed by atoms with E-state index in [1.54, 1.807) is 0 Å². The van der Waals surface area contributed by atoms with Crippen molar-refractivity contribution in [2.24, 2.45) is 0 Å². The van der Waals surface area contributed by atoms with Gasteiger partial charge in [-0.25, -0.2) is 0 Å². The van der Waals surface area contributed by atoms with Crippen molar-refractivity contribution in [2.75, 3.05) is 17.2 Å². The summed E-state index contributed by atoms with van der Waals surface area (Å²) in [5.41, 5.74) is 8.13. The lowest BCUT2D eigenvalue weighted by Crippen LogP contribution is -2.27. The van der Waals surface area contributed by atoms with Gasteiger partial charge in [0.15, 0.2) is 0 Å².